The third-order valence-electron chi connectivity index (χ3n) is 6.84. The van der Waals surface area contributed by atoms with Gasteiger partial charge < -0.3 is 9.47 Å². The monoisotopic (exact) mass is 467 g/mol. The molecule has 1 amide bonds. The summed E-state index contributed by atoms with van der Waals surface area (Å²) < 4.78 is 15.9. The second-order valence-corrected chi connectivity index (χ2v) is 9.36. The second-order valence-electron chi connectivity index (χ2n) is 8.95. The minimum atomic E-state index is -0.495. The lowest BCUT2D eigenvalue weighted by Gasteiger charge is -2.27. The van der Waals surface area contributed by atoms with Gasteiger partial charge in [0.25, 0.3) is 0 Å². The van der Waals surface area contributed by atoms with E-state index < -0.39 is 11.9 Å². The number of hydrogen-bond acceptors (Lipinski definition) is 4. The molecule has 1 saturated carbocycles. The Labute approximate surface area is 195 Å². The highest BCUT2D eigenvalue weighted by Crippen LogP contribution is 2.50. The van der Waals surface area contributed by atoms with Gasteiger partial charge in [-0.25, -0.2) is 4.39 Å². The summed E-state index contributed by atoms with van der Waals surface area (Å²) in [6, 6.07) is 6.06. The highest BCUT2D eigenvalue weighted by atomic mass is 35.5. The number of likely N-dealkylation sites (tertiary alicyclic amines) is 1. The highest BCUT2D eigenvalue weighted by molar-refractivity contribution is 6.30. The number of Topliss-reactive ketones (excluding diaryl/α,β-unsaturated/α-hetero) is 2. The van der Waals surface area contributed by atoms with Crippen LogP contribution in [0.3, 0.4) is 0 Å². The van der Waals surface area contributed by atoms with Gasteiger partial charge in [-0.3, -0.25) is 19.4 Å². The van der Waals surface area contributed by atoms with Crippen LogP contribution in [0.2, 0.25) is 5.02 Å². The van der Waals surface area contributed by atoms with E-state index in [2.05, 4.69) is 4.98 Å². The molecular formula is C25H23ClFN3O3. The molecule has 1 aromatic carbocycles. The number of nitrogens with zero attached hydrogens (tertiary/aromatic N) is 3. The van der Waals surface area contributed by atoms with Crippen LogP contribution in [0.5, 0.6) is 0 Å². The molecule has 5 rings (SSSR count). The summed E-state index contributed by atoms with van der Waals surface area (Å²) in [5.74, 6) is -0.254. The maximum Gasteiger partial charge on any atom is 0.243 e. The van der Waals surface area contributed by atoms with Gasteiger partial charge in [0.15, 0.2) is 11.6 Å². The second kappa shape index (κ2) is 8.37. The van der Waals surface area contributed by atoms with Gasteiger partial charge in [-0.05, 0) is 49.3 Å². The van der Waals surface area contributed by atoms with E-state index in [-0.39, 0.29) is 47.8 Å². The Balaban J connectivity index is 1.32. The molecule has 3 aromatic rings. The van der Waals surface area contributed by atoms with Crippen LogP contribution < -0.4 is 0 Å². The van der Waals surface area contributed by atoms with Crippen molar-refractivity contribution in [3.05, 3.63) is 64.8 Å². The van der Waals surface area contributed by atoms with E-state index in [1.54, 1.807) is 46.3 Å². The number of pyridine rings is 1. The normalized spacial score (nSPS) is 21.3. The zero-order valence-corrected chi connectivity index (χ0v) is 18.9. The fourth-order valence-corrected chi connectivity index (χ4v) is 5.26. The first-order valence-electron chi connectivity index (χ1n) is 11.0. The third-order valence-corrected chi connectivity index (χ3v) is 7.13. The van der Waals surface area contributed by atoms with E-state index in [0.717, 1.165) is 11.8 Å². The Kier molecular flexibility index (Phi) is 5.52. The summed E-state index contributed by atoms with van der Waals surface area (Å²) in [4.78, 5) is 44.2. The number of amides is 1. The zero-order valence-electron chi connectivity index (χ0n) is 18.1. The smallest absolute Gasteiger partial charge is 0.243 e. The standard InChI is InChI=1S/C25H23ClFN3O3/c1-14(31)19-12-29(21-10-28-8-7-17(19)21)13-23(33)30-11-16-9-18(16)25(30)22(32)6-5-15-3-2-4-20(26)24(15)27/h2-4,7-8,10,12,16,18,25H,5-6,9,11,13H2,1H3/t16-,18-,25+/m1/s1. The van der Waals surface area contributed by atoms with Crippen LogP contribution >= 0.6 is 11.6 Å². The van der Waals surface area contributed by atoms with Crippen molar-refractivity contribution in [2.45, 2.75) is 38.8 Å². The van der Waals surface area contributed by atoms with Crippen molar-refractivity contribution in [2.24, 2.45) is 11.8 Å². The Morgan fingerprint density at radius 1 is 1.24 bits per heavy atom. The molecule has 1 aliphatic carbocycles. The lowest BCUT2D eigenvalue weighted by molar-refractivity contribution is -0.139. The molecule has 3 heterocycles. The molecule has 0 bridgehead atoms. The molecule has 1 aliphatic heterocycles. The van der Waals surface area contributed by atoms with Gasteiger partial charge in [0, 0.05) is 36.3 Å². The highest BCUT2D eigenvalue weighted by Gasteiger charge is 2.56. The van der Waals surface area contributed by atoms with Gasteiger partial charge in [0.05, 0.1) is 22.8 Å². The summed E-state index contributed by atoms with van der Waals surface area (Å²) in [5, 5.41) is 0.795. The topological polar surface area (TPSA) is 72.3 Å². The molecule has 6 nitrogen and oxygen atoms in total. The first-order chi connectivity index (χ1) is 15.8. The van der Waals surface area contributed by atoms with E-state index >= 15 is 0 Å². The fraction of sp³-hybridized carbons (Fsp3) is 0.360. The summed E-state index contributed by atoms with van der Waals surface area (Å²) in [5.41, 5.74) is 1.66. The number of halogens is 2. The first kappa shape index (κ1) is 21.8. The van der Waals surface area contributed by atoms with Crippen molar-refractivity contribution < 1.29 is 18.8 Å². The Morgan fingerprint density at radius 3 is 2.85 bits per heavy atom. The molecule has 0 radical (unpaired) electrons. The summed E-state index contributed by atoms with van der Waals surface area (Å²) >= 11 is 5.85. The van der Waals surface area contributed by atoms with Crippen LogP contribution in [-0.2, 0) is 22.6 Å². The summed E-state index contributed by atoms with van der Waals surface area (Å²) in [7, 11) is 0. The number of hydrogen-bond donors (Lipinski definition) is 0. The van der Waals surface area contributed by atoms with Crippen LogP contribution in [-0.4, -0.2) is 44.5 Å². The molecule has 8 heteroatoms. The Bertz CT molecular complexity index is 1290. The molecule has 0 unspecified atom stereocenters. The van der Waals surface area contributed by atoms with Crippen molar-refractivity contribution in [1.29, 1.82) is 0 Å². The van der Waals surface area contributed by atoms with Gasteiger partial charge in [-0.1, -0.05) is 23.7 Å². The van der Waals surface area contributed by atoms with E-state index in [4.69, 9.17) is 11.6 Å². The van der Waals surface area contributed by atoms with Crippen LogP contribution in [0.1, 0.15) is 35.7 Å². The summed E-state index contributed by atoms with van der Waals surface area (Å²) in [6.07, 6.45) is 6.28. The van der Waals surface area contributed by atoms with Crippen LogP contribution in [0, 0.1) is 17.7 Å². The van der Waals surface area contributed by atoms with Crippen molar-refractivity contribution in [2.75, 3.05) is 6.54 Å². The predicted octanol–water partition coefficient (Wildman–Crippen LogP) is 4.08. The van der Waals surface area contributed by atoms with Crippen molar-refractivity contribution in [3.8, 4) is 0 Å². The lowest BCUT2D eigenvalue weighted by atomic mass is 10.00. The average molecular weight is 468 g/mol. The van der Waals surface area contributed by atoms with Gasteiger partial charge in [0.1, 0.15) is 12.4 Å². The molecular weight excluding hydrogens is 445 g/mol. The molecule has 33 heavy (non-hydrogen) atoms. The Morgan fingerprint density at radius 2 is 2.06 bits per heavy atom. The molecule has 3 atom stereocenters. The number of piperidine rings is 1. The molecule has 2 fully saturated rings. The summed E-state index contributed by atoms with van der Waals surface area (Å²) in [6.45, 7) is 2.08. The van der Waals surface area contributed by atoms with Crippen molar-refractivity contribution in [3.63, 3.8) is 0 Å². The molecule has 2 aromatic heterocycles. The van der Waals surface area contributed by atoms with Crippen LogP contribution in [0.15, 0.2) is 42.9 Å². The van der Waals surface area contributed by atoms with Crippen LogP contribution in [0.25, 0.3) is 10.9 Å². The number of carbonyl (C=O) groups excluding carboxylic acids is 3. The molecule has 170 valence electrons. The SMILES string of the molecule is CC(=O)c1cn(CC(=O)N2C[C@H]3C[C@H]3[C@H]2C(=O)CCc2cccc(Cl)c2F)c2cnccc12. The Hall–Kier alpha value is -3.06. The number of benzene rings is 1. The maximum atomic E-state index is 14.2. The van der Waals surface area contributed by atoms with Gasteiger partial charge in [-0.15, -0.1) is 0 Å². The minimum Gasteiger partial charge on any atom is -0.336 e. The van der Waals surface area contributed by atoms with Crippen molar-refractivity contribution in [1.82, 2.24) is 14.5 Å². The van der Waals surface area contributed by atoms with Crippen molar-refractivity contribution >= 4 is 40.0 Å². The first-order valence-corrected chi connectivity index (χ1v) is 11.4. The van der Waals surface area contributed by atoms with E-state index in [9.17, 15) is 18.8 Å². The maximum absolute atomic E-state index is 14.2. The minimum absolute atomic E-state index is 0.0294. The van der Waals surface area contributed by atoms with E-state index in [1.807, 2.05) is 0 Å². The molecule has 2 aliphatic rings. The quantitative estimate of drug-likeness (QED) is 0.491. The lowest BCUT2D eigenvalue weighted by Crippen LogP contribution is -2.44. The number of aromatic nitrogens is 2. The average Bonchev–Trinajstić information content (AvgIpc) is 3.30. The van der Waals surface area contributed by atoms with E-state index in [1.165, 1.54) is 13.0 Å². The molecule has 0 N–H and O–H groups in total. The largest absolute Gasteiger partial charge is 0.336 e. The fourth-order valence-electron chi connectivity index (χ4n) is 5.07. The van der Waals surface area contributed by atoms with Gasteiger partial charge in [0.2, 0.25) is 5.91 Å². The number of fused-ring (bicyclic) bond motifs is 2. The molecule has 0 spiro atoms. The zero-order chi connectivity index (χ0) is 23.3. The van der Waals surface area contributed by atoms with E-state index in [0.29, 0.717) is 29.1 Å². The van der Waals surface area contributed by atoms with Crippen LogP contribution in [0.4, 0.5) is 4.39 Å². The molecule has 1 saturated heterocycles. The number of carbonyl (C=O) groups is 3. The van der Waals surface area contributed by atoms with Gasteiger partial charge in [-0.2, -0.15) is 0 Å². The number of aryl methyl sites for hydroxylation is 1. The third kappa shape index (κ3) is 3.95. The predicted molar refractivity (Wildman–Crippen MR) is 122 cm³/mol. The number of rotatable bonds is 7. The van der Waals surface area contributed by atoms with Gasteiger partial charge >= 0.3 is 0 Å². The number of ketones is 2.